The summed E-state index contributed by atoms with van der Waals surface area (Å²) in [5.74, 6) is -0.0591. The molecule has 0 radical (unpaired) electrons. The summed E-state index contributed by atoms with van der Waals surface area (Å²) in [5.41, 5.74) is 3.53. The number of aromatic amines is 1. The molecule has 0 atom stereocenters. The van der Waals surface area contributed by atoms with E-state index in [0.29, 0.717) is 11.4 Å². The zero-order valence-electron chi connectivity index (χ0n) is 8.28. The van der Waals surface area contributed by atoms with Crippen LogP contribution < -0.4 is 5.32 Å². The molecule has 0 bridgehead atoms. The minimum absolute atomic E-state index is 0.0591. The Morgan fingerprint density at radius 2 is 2.53 bits per heavy atom. The number of hydrogen-bond acceptors (Lipinski definition) is 3. The number of nitrogens with one attached hydrogen (secondary N) is 2. The summed E-state index contributed by atoms with van der Waals surface area (Å²) < 4.78 is 0. The largest absolute Gasteiger partial charge is 0.367 e. The van der Waals surface area contributed by atoms with E-state index >= 15 is 0 Å². The van der Waals surface area contributed by atoms with E-state index in [9.17, 15) is 4.79 Å². The van der Waals surface area contributed by atoms with Crippen molar-refractivity contribution >= 4 is 17.2 Å². The predicted octanol–water partition coefficient (Wildman–Crippen LogP) is 1.71. The van der Waals surface area contributed by atoms with E-state index in [4.69, 9.17) is 0 Å². The first-order valence-electron chi connectivity index (χ1n) is 4.57. The van der Waals surface area contributed by atoms with Gasteiger partial charge >= 0.3 is 0 Å². The molecule has 5 heteroatoms. The van der Waals surface area contributed by atoms with E-state index in [0.717, 1.165) is 11.3 Å². The van der Waals surface area contributed by atoms with Gasteiger partial charge in [-0.25, -0.2) is 4.98 Å². The highest BCUT2D eigenvalue weighted by Gasteiger charge is 2.10. The van der Waals surface area contributed by atoms with E-state index < -0.39 is 0 Å². The maximum atomic E-state index is 11.7. The van der Waals surface area contributed by atoms with Crippen LogP contribution in [0.15, 0.2) is 24.0 Å². The number of nitrogens with zero attached hydrogens (tertiary/aromatic N) is 1. The van der Waals surface area contributed by atoms with E-state index in [1.54, 1.807) is 5.51 Å². The molecule has 1 amide bonds. The summed E-state index contributed by atoms with van der Waals surface area (Å²) in [6.07, 6.45) is 3.69. The number of H-pyrrole nitrogens is 1. The molecule has 2 N–H and O–H groups in total. The van der Waals surface area contributed by atoms with E-state index in [1.807, 2.05) is 25.4 Å². The molecule has 0 unspecified atom stereocenters. The zero-order valence-corrected chi connectivity index (χ0v) is 9.10. The highest BCUT2D eigenvalue weighted by atomic mass is 32.1. The van der Waals surface area contributed by atoms with Crippen molar-refractivity contribution in [2.24, 2.45) is 0 Å². The van der Waals surface area contributed by atoms with Gasteiger partial charge in [0, 0.05) is 18.9 Å². The third-order valence-electron chi connectivity index (χ3n) is 2.07. The molecule has 0 aliphatic heterocycles. The summed E-state index contributed by atoms with van der Waals surface area (Å²) in [7, 11) is 0. The predicted molar refractivity (Wildman–Crippen MR) is 58.8 cm³/mol. The van der Waals surface area contributed by atoms with Crippen LogP contribution in [0.4, 0.5) is 0 Å². The van der Waals surface area contributed by atoms with E-state index in [2.05, 4.69) is 15.3 Å². The van der Waals surface area contributed by atoms with Gasteiger partial charge in [-0.05, 0) is 18.6 Å². The Bertz CT molecular complexity index is 447. The van der Waals surface area contributed by atoms with Crippen molar-refractivity contribution in [1.82, 2.24) is 15.3 Å². The van der Waals surface area contributed by atoms with Crippen molar-refractivity contribution in [3.63, 3.8) is 0 Å². The van der Waals surface area contributed by atoms with Crippen LogP contribution in [-0.2, 0) is 6.54 Å². The molecular formula is C10H11N3OS. The lowest BCUT2D eigenvalue weighted by Gasteiger charge is -2.01. The van der Waals surface area contributed by atoms with Gasteiger partial charge in [-0.1, -0.05) is 0 Å². The lowest BCUT2D eigenvalue weighted by Crippen LogP contribution is -2.22. The number of thiazole rings is 1. The van der Waals surface area contributed by atoms with Gasteiger partial charge in [-0.15, -0.1) is 11.3 Å². The molecule has 15 heavy (non-hydrogen) atoms. The van der Waals surface area contributed by atoms with E-state index in [-0.39, 0.29) is 5.91 Å². The number of hydrogen-bond donors (Lipinski definition) is 2. The van der Waals surface area contributed by atoms with Crippen LogP contribution in [0.5, 0.6) is 0 Å². The molecule has 0 aliphatic rings. The lowest BCUT2D eigenvalue weighted by atomic mass is 10.3. The number of rotatable bonds is 3. The van der Waals surface area contributed by atoms with Crippen molar-refractivity contribution in [2.45, 2.75) is 13.5 Å². The second kappa shape index (κ2) is 4.27. The van der Waals surface area contributed by atoms with Crippen LogP contribution in [0.2, 0.25) is 0 Å². The van der Waals surface area contributed by atoms with Gasteiger partial charge in [-0.2, -0.15) is 0 Å². The maximum absolute atomic E-state index is 11.7. The Kier molecular flexibility index (Phi) is 2.82. The fourth-order valence-corrected chi connectivity index (χ4v) is 1.97. The molecule has 2 heterocycles. The molecule has 0 saturated carbocycles. The molecule has 0 aliphatic carbocycles. The first-order valence-corrected chi connectivity index (χ1v) is 5.45. The molecule has 2 aromatic rings. The van der Waals surface area contributed by atoms with Crippen molar-refractivity contribution in [2.75, 3.05) is 0 Å². The van der Waals surface area contributed by atoms with Crippen LogP contribution >= 0.6 is 11.3 Å². The SMILES string of the molecule is Cc1ncsc1C(=O)NCc1cc[nH]c1. The summed E-state index contributed by atoms with van der Waals surface area (Å²) in [4.78, 5) is 19.3. The minimum Gasteiger partial charge on any atom is -0.367 e. The van der Waals surface area contributed by atoms with Crippen LogP contribution in [-0.4, -0.2) is 15.9 Å². The average molecular weight is 221 g/mol. The van der Waals surface area contributed by atoms with Crippen molar-refractivity contribution in [3.05, 3.63) is 40.1 Å². The van der Waals surface area contributed by atoms with Crippen molar-refractivity contribution in [1.29, 1.82) is 0 Å². The molecule has 0 saturated heterocycles. The van der Waals surface area contributed by atoms with E-state index in [1.165, 1.54) is 11.3 Å². The molecule has 0 spiro atoms. The summed E-state index contributed by atoms with van der Waals surface area (Å²) in [6.45, 7) is 2.38. The highest BCUT2D eigenvalue weighted by Crippen LogP contribution is 2.11. The molecule has 78 valence electrons. The van der Waals surface area contributed by atoms with Crippen molar-refractivity contribution < 1.29 is 4.79 Å². The molecule has 0 aromatic carbocycles. The summed E-state index contributed by atoms with van der Waals surface area (Å²) in [6, 6.07) is 1.93. The summed E-state index contributed by atoms with van der Waals surface area (Å²) >= 11 is 1.36. The van der Waals surface area contributed by atoms with Gasteiger partial charge in [0.05, 0.1) is 11.2 Å². The Labute approximate surface area is 91.4 Å². The van der Waals surface area contributed by atoms with Gasteiger partial charge in [0.2, 0.25) is 0 Å². The third kappa shape index (κ3) is 2.24. The Hall–Kier alpha value is -1.62. The lowest BCUT2D eigenvalue weighted by molar-refractivity contribution is 0.0954. The maximum Gasteiger partial charge on any atom is 0.263 e. The van der Waals surface area contributed by atoms with Crippen LogP contribution in [0, 0.1) is 6.92 Å². The van der Waals surface area contributed by atoms with Crippen LogP contribution in [0.3, 0.4) is 0 Å². The minimum atomic E-state index is -0.0591. The Morgan fingerprint density at radius 1 is 1.67 bits per heavy atom. The Morgan fingerprint density at radius 3 is 3.13 bits per heavy atom. The molecule has 4 nitrogen and oxygen atoms in total. The van der Waals surface area contributed by atoms with Crippen molar-refractivity contribution in [3.8, 4) is 0 Å². The normalized spacial score (nSPS) is 10.2. The number of carbonyl (C=O) groups is 1. The number of amides is 1. The topological polar surface area (TPSA) is 57.8 Å². The van der Waals surface area contributed by atoms with Gasteiger partial charge in [0.15, 0.2) is 0 Å². The second-order valence-corrected chi connectivity index (χ2v) is 4.02. The molecular weight excluding hydrogens is 210 g/mol. The monoisotopic (exact) mass is 221 g/mol. The zero-order chi connectivity index (χ0) is 10.7. The Balaban J connectivity index is 1.96. The van der Waals surface area contributed by atoms with Gasteiger partial charge in [-0.3, -0.25) is 4.79 Å². The highest BCUT2D eigenvalue weighted by molar-refractivity contribution is 7.11. The second-order valence-electron chi connectivity index (χ2n) is 3.17. The summed E-state index contributed by atoms with van der Waals surface area (Å²) in [5, 5.41) is 2.84. The fourth-order valence-electron chi connectivity index (χ4n) is 1.25. The quantitative estimate of drug-likeness (QED) is 0.829. The molecule has 2 aromatic heterocycles. The number of carbonyl (C=O) groups excluding carboxylic acids is 1. The fraction of sp³-hybridized carbons (Fsp3) is 0.200. The third-order valence-corrected chi connectivity index (χ3v) is 2.99. The number of aryl methyl sites for hydroxylation is 1. The van der Waals surface area contributed by atoms with Crippen LogP contribution in [0.25, 0.3) is 0 Å². The van der Waals surface area contributed by atoms with Gasteiger partial charge < -0.3 is 10.3 Å². The molecule has 0 fully saturated rings. The van der Waals surface area contributed by atoms with Gasteiger partial charge in [0.25, 0.3) is 5.91 Å². The first-order chi connectivity index (χ1) is 7.27. The standard InChI is InChI=1S/C10H11N3OS/c1-7-9(15-6-13-7)10(14)12-5-8-2-3-11-4-8/h2-4,6,11H,5H2,1H3,(H,12,14). The first kappa shape index (κ1) is 9.92. The van der Waals surface area contributed by atoms with Crippen LogP contribution in [0.1, 0.15) is 20.9 Å². The molecule has 2 rings (SSSR count). The number of aromatic nitrogens is 2. The smallest absolute Gasteiger partial charge is 0.263 e. The average Bonchev–Trinajstić information content (AvgIpc) is 2.84. The van der Waals surface area contributed by atoms with Gasteiger partial charge in [0.1, 0.15) is 4.88 Å².